The third kappa shape index (κ3) is 6.34. The molecule has 0 fully saturated rings. The zero-order chi connectivity index (χ0) is 19.2. The van der Waals surface area contributed by atoms with Gasteiger partial charge in [-0.3, -0.25) is 9.59 Å². The predicted molar refractivity (Wildman–Crippen MR) is 87.1 cm³/mol. The van der Waals surface area contributed by atoms with Gasteiger partial charge in [-0.1, -0.05) is 0 Å². The first-order valence-electron chi connectivity index (χ1n) is 7.35. The Morgan fingerprint density at radius 1 is 1.23 bits per heavy atom. The second-order valence-corrected chi connectivity index (χ2v) is 5.16. The summed E-state index contributed by atoms with van der Waals surface area (Å²) in [5, 5.41) is 2.48. The highest BCUT2D eigenvalue weighted by Crippen LogP contribution is 2.23. The van der Waals surface area contributed by atoms with E-state index in [-0.39, 0.29) is 12.2 Å². The van der Waals surface area contributed by atoms with E-state index in [1.165, 1.54) is 42.5 Å². The molecule has 1 aromatic carbocycles. The Hall–Kier alpha value is -3.23. The number of amides is 2. The molecule has 0 aliphatic carbocycles. The summed E-state index contributed by atoms with van der Waals surface area (Å²) in [6, 6.07) is 8.01. The minimum absolute atomic E-state index is 0.234. The van der Waals surface area contributed by atoms with Crippen LogP contribution in [0.3, 0.4) is 0 Å². The summed E-state index contributed by atoms with van der Waals surface area (Å²) in [5.74, 6) is -0.814. The van der Waals surface area contributed by atoms with Crippen LogP contribution in [0.15, 0.2) is 53.2 Å². The Labute approximate surface area is 146 Å². The zero-order valence-corrected chi connectivity index (χ0v) is 13.6. The lowest BCUT2D eigenvalue weighted by molar-refractivity contribution is -0.274. The molecule has 0 saturated heterocycles. The SMILES string of the molecule is CN(CC(=O)Nc1ccc(OC(F)(F)F)cc1)C(=O)/C=C/c1ccco1. The van der Waals surface area contributed by atoms with Gasteiger partial charge in [0, 0.05) is 18.8 Å². The van der Waals surface area contributed by atoms with Crippen molar-refractivity contribution in [2.75, 3.05) is 18.9 Å². The molecule has 6 nitrogen and oxygen atoms in total. The molecule has 1 aromatic heterocycles. The monoisotopic (exact) mass is 368 g/mol. The number of halogens is 3. The molecule has 0 atom stereocenters. The van der Waals surface area contributed by atoms with Crippen molar-refractivity contribution in [3.05, 3.63) is 54.5 Å². The Morgan fingerprint density at radius 2 is 1.92 bits per heavy atom. The molecule has 0 bridgehead atoms. The number of likely N-dealkylation sites (N-methyl/N-ethyl adjacent to an activating group) is 1. The molecule has 0 aliphatic rings. The molecular weight excluding hydrogens is 353 g/mol. The van der Waals surface area contributed by atoms with Crippen LogP contribution in [-0.2, 0) is 9.59 Å². The maximum absolute atomic E-state index is 12.1. The molecule has 26 heavy (non-hydrogen) atoms. The normalized spacial score (nSPS) is 11.4. The fourth-order valence-corrected chi connectivity index (χ4v) is 1.90. The highest BCUT2D eigenvalue weighted by Gasteiger charge is 2.30. The van der Waals surface area contributed by atoms with E-state index in [4.69, 9.17) is 4.42 Å². The summed E-state index contributed by atoms with van der Waals surface area (Å²) >= 11 is 0. The van der Waals surface area contributed by atoms with E-state index in [1.54, 1.807) is 12.1 Å². The summed E-state index contributed by atoms with van der Waals surface area (Å²) in [6.07, 6.45) is -0.588. The Bertz CT molecular complexity index is 768. The average Bonchev–Trinajstić information content (AvgIpc) is 3.06. The number of hydrogen-bond donors (Lipinski definition) is 1. The number of rotatable bonds is 6. The molecule has 1 heterocycles. The maximum atomic E-state index is 12.1. The van der Waals surface area contributed by atoms with Gasteiger partial charge < -0.3 is 19.4 Å². The Balaban J connectivity index is 1.84. The van der Waals surface area contributed by atoms with Crippen molar-refractivity contribution < 1.29 is 31.9 Å². The van der Waals surface area contributed by atoms with Crippen molar-refractivity contribution in [1.82, 2.24) is 4.90 Å². The second-order valence-electron chi connectivity index (χ2n) is 5.16. The lowest BCUT2D eigenvalue weighted by atomic mass is 10.3. The van der Waals surface area contributed by atoms with E-state index in [2.05, 4.69) is 10.1 Å². The number of nitrogens with one attached hydrogen (secondary N) is 1. The number of furan rings is 1. The first-order valence-corrected chi connectivity index (χ1v) is 7.35. The number of alkyl halides is 3. The van der Waals surface area contributed by atoms with Gasteiger partial charge in [0.05, 0.1) is 12.8 Å². The Kier molecular flexibility index (Phi) is 6.05. The summed E-state index contributed by atoms with van der Waals surface area (Å²) in [7, 11) is 1.44. The first kappa shape index (κ1) is 19.1. The van der Waals surface area contributed by atoms with Gasteiger partial charge in [-0.05, 0) is 42.5 Å². The van der Waals surface area contributed by atoms with Gasteiger partial charge in [-0.25, -0.2) is 0 Å². The van der Waals surface area contributed by atoms with Gasteiger partial charge in [-0.2, -0.15) is 0 Å². The van der Waals surface area contributed by atoms with E-state index in [0.29, 0.717) is 5.76 Å². The number of benzene rings is 1. The molecule has 1 N–H and O–H groups in total. The van der Waals surface area contributed by atoms with E-state index in [9.17, 15) is 22.8 Å². The number of anilines is 1. The molecule has 2 amide bonds. The number of nitrogens with zero attached hydrogens (tertiary/aromatic N) is 1. The zero-order valence-electron chi connectivity index (χ0n) is 13.6. The minimum atomic E-state index is -4.78. The Morgan fingerprint density at radius 3 is 2.50 bits per heavy atom. The second kappa shape index (κ2) is 8.24. The molecule has 0 spiro atoms. The van der Waals surface area contributed by atoms with Crippen molar-refractivity contribution in [3.8, 4) is 5.75 Å². The molecule has 2 rings (SSSR count). The molecule has 9 heteroatoms. The van der Waals surface area contributed by atoms with Crippen molar-refractivity contribution in [1.29, 1.82) is 0 Å². The van der Waals surface area contributed by atoms with Gasteiger partial charge >= 0.3 is 6.36 Å². The predicted octanol–water partition coefficient (Wildman–Crippen LogP) is 3.29. The van der Waals surface area contributed by atoms with Crippen molar-refractivity contribution in [2.24, 2.45) is 0 Å². The highest BCUT2D eigenvalue weighted by atomic mass is 19.4. The minimum Gasteiger partial charge on any atom is -0.465 e. The topological polar surface area (TPSA) is 71.8 Å². The lowest BCUT2D eigenvalue weighted by Crippen LogP contribution is -2.33. The van der Waals surface area contributed by atoms with Crippen LogP contribution >= 0.6 is 0 Å². The summed E-state index contributed by atoms with van der Waals surface area (Å²) in [4.78, 5) is 25.0. The van der Waals surface area contributed by atoms with Crippen LogP contribution in [0.4, 0.5) is 18.9 Å². The molecule has 2 aromatic rings. The first-order chi connectivity index (χ1) is 12.2. The van der Waals surface area contributed by atoms with Crippen molar-refractivity contribution in [2.45, 2.75) is 6.36 Å². The smallest absolute Gasteiger partial charge is 0.465 e. The molecular formula is C17H15F3N2O4. The average molecular weight is 368 g/mol. The van der Waals surface area contributed by atoms with Crippen LogP contribution in [0.5, 0.6) is 5.75 Å². The summed E-state index contributed by atoms with van der Waals surface area (Å²) < 4.78 is 45.0. The number of ether oxygens (including phenoxy) is 1. The van der Waals surface area contributed by atoms with Crippen LogP contribution in [-0.4, -0.2) is 36.7 Å². The molecule has 138 valence electrons. The third-order valence-corrected chi connectivity index (χ3v) is 3.06. The van der Waals surface area contributed by atoms with Crippen molar-refractivity contribution in [3.63, 3.8) is 0 Å². The van der Waals surface area contributed by atoms with Gasteiger partial charge in [0.25, 0.3) is 0 Å². The van der Waals surface area contributed by atoms with Gasteiger partial charge in [0.1, 0.15) is 11.5 Å². The largest absolute Gasteiger partial charge is 0.573 e. The van der Waals surface area contributed by atoms with Crippen LogP contribution in [0.2, 0.25) is 0 Å². The van der Waals surface area contributed by atoms with Crippen LogP contribution in [0, 0.1) is 0 Å². The van der Waals surface area contributed by atoms with E-state index in [1.807, 2.05) is 0 Å². The quantitative estimate of drug-likeness (QED) is 0.795. The third-order valence-electron chi connectivity index (χ3n) is 3.06. The van der Waals surface area contributed by atoms with Gasteiger partial charge in [0.15, 0.2) is 0 Å². The standard InChI is InChI=1S/C17H15F3N2O4/c1-22(16(24)9-8-13-3-2-10-25-13)11-15(23)21-12-4-6-14(7-5-12)26-17(18,19)20/h2-10H,11H2,1H3,(H,21,23)/b9-8+. The maximum Gasteiger partial charge on any atom is 0.573 e. The fourth-order valence-electron chi connectivity index (χ4n) is 1.90. The lowest BCUT2D eigenvalue weighted by Gasteiger charge is -2.15. The fraction of sp³-hybridized carbons (Fsp3) is 0.176. The van der Waals surface area contributed by atoms with Crippen LogP contribution in [0.25, 0.3) is 6.08 Å². The van der Waals surface area contributed by atoms with E-state index >= 15 is 0 Å². The van der Waals surface area contributed by atoms with Crippen molar-refractivity contribution >= 4 is 23.6 Å². The molecule has 0 aliphatic heterocycles. The summed E-state index contributed by atoms with van der Waals surface area (Å²) in [6.45, 7) is -0.234. The van der Waals surface area contributed by atoms with E-state index in [0.717, 1.165) is 12.1 Å². The van der Waals surface area contributed by atoms with Crippen LogP contribution < -0.4 is 10.1 Å². The number of carbonyl (C=O) groups is 2. The molecule has 0 radical (unpaired) electrons. The van der Waals surface area contributed by atoms with E-state index < -0.39 is 23.9 Å². The molecule has 0 saturated carbocycles. The van der Waals surface area contributed by atoms with Crippen LogP contribution in [0.1, 0.15) is 5.76 Å². The summed E-state index contributed by atoms with van der Waals surface area (Å²) in [5.41, 5.74) is 0.275. The number of carbonyl (C=O) groups excluding carboxylic acids is 2. The number of hydrogen-bond acceptors (Lipinski definition) is 4. The highest BCUT2D eigenvalue weighted by molar-refractivity contribution is 5.97. The molecule has 0 unspecified atom stereocenters. The van der Waals surface area contributed by atoms with Gasteiger partial charge in [-0.15, -0.1) is 13.2 Å². The van der Waals surface area contributed by atoms with Gasteiger partial charge in [0.2, 0.25) is 11.8 Å².